The van der Waals surface area contributed by atoms with Crippen LogP contribution in [-0.4, -0.2) is 24.8 Å². The first-order valence-electron chi connectivity index (χ1n) is 6.78. The predicted octanol–water partition coefficient (Wildman–Crippen LogP) is 3.80. The summed E-state index contributed by atoms with van der Waals surface area (Å²) < 4.78 is 10.3. The van der Waals surface area contributed by atoms with Crippen molar-refractivity contribution < 1.29 is 19.1 Å². The molecule has 0 unspecified atom stereocenters. The van der Waals surface area contributed by atoms with Gasteiger partial charge in [-0.1, -0.05) is 12.1 Å². The number of thioether (sulfide) groups is 1. The summed E-state index contributed by atoms with van der Waals surface area (Å²) in [5.74, 6) is -0.346. The van der Waals surface area contributed by atoms with E-state index in [1.54, 1.807) is 37.3 Å². The van der Waals surface area contributed by atoms with Gasteiger partial charge in [0.1, 0.15) is 5.75 Å². The minimum Gasteiger partial charge on any atom is -0.462 e. The number of ether oxygens (including phenoxy) is 2. The highest BCUT2D eigenvalue weighted by molar-refractivity contribution is 7.98. The van der Waals surface area contributed by atoms with Crippen LogP contribution in [0, 0.1) is 0 Å². The van der Waals surface area contributed by atoms with Gasteiger partial charge >= 0.3 is 11.9 Å². The molecule has 2 rings (SSSR count). The minimum absolute atomic E-state index is 0.314. The monoisotopic (exact) mass is 316 g/mol. The predicted molar refractivity (Wildman–Crippen MR) is 85.6 cm³/mol. The van der Waals surface area contributed by atoms with E-state index >= 15 is 0 Å². The fourth-order valence-electron chi connectivity index (χ4n) is 1.82. The molecule has 0 N–H and O–H groups in total. The average Bonchev–Trinajstić information content (AvgIpc) is 2.55. The Bertz CT molecular complexity index is 665. The summed E-state index contributed by atoms with van der Waals surface area (Å²) >= 11 is 1.51. The Hall–Kier alpha value is -2.27. The zero-order valence-corrected chi connectivity index (χ0v) is 13.2. The van der Waals surface area contributed by atoms with Crippen LogP contribution < -0.4 is 4.74 Å². The second kappa shape index (κ2) is 7.66. The molecule has 2 aromatic carbocycles. The molecule has 22 heavy (non-hydrogen) atoms. The van der Waals surface area contributed by atoms with E-state index in [4.69, 9.17) is 9.47 Å². The Morgan fingerprint density at radius 3 is 2.14 bits per heavy atom. The van der Waals surface area contributed by atoms with Gasteiger partial charge in [-0.15, -0.1) is 11.8 Å². The molecule has 0 atom stereocenters. The first-order chi connectivity index (χ1) is 10.7. The van der Waals surface area contributed by atoms with E-state index in [-0.39, 0.29) is 0 Å². The van der Waals surface area contributed by atoms with Gasteiger partial charge in [-0.2, -0.15) is 0 Å². The van der Waals surface area contributed by atoms with Crippen LogP contribution in [0.25, 0.3) is 0 Å². The number of benzene rings is 2. The number of hydrogen-bond acceptors (Lipinski definition) is 5. The third kappa shape index (κ3) is 3.89. The largest absolute Gasteiger partial charge is 0.462 e. The van der Waals surface area contributed by atoms with E-state index in [9.17, 15) is 9.59 Å². The van der Waals surface area contributed by atoms with Crippen LogP contribution in [0.2, 0.25) is 0 Å². The van der Waals surface area contributed by atoms with Crippen LogP contribution in [0.15, 0.2) is 53.4 Å². The molecule has 5 heteroatoms. The number of rotatable bonds is 5. The minimum atomic E-state index is -0.461. The molecule has 0 aliphatic carbocycles. The summed E-state index contributed by atoms with van der Waals surface area (Å²) in [4.78, 5) is 24.6. The number of esters is 2. The van der Waals surface area contributed by atoms with Crippen molar-refractivity contribution in [3.05, 3.63) is 59.7 Å². The van der Waals surface area contributed by atoms with Gasteiger partial charge in [0, 0.05) is 4.90 Å². The molecule has 4 nitrogen and oxygen atoms in total. The average molecular weight is 316 g/mol. The molecule has 114 valence electrons. The Morgan fingerprint density at radius 2 is 1.55 bits per heavy atom. The number of para-hydroxylation sites is 1. The van der Waals surface area contributed by atoms with E-state index in [1.807, 2.05) is 24.5 Å². The van der Waals surface area contributed by atoms with E-state index in [0.29, 0.717) is 23.5 Å². The topological polar surface area (TPSA) is 52.6 Å². The smallest absolute Gasteiger partial charge is 0.343 e. The summed E-state index contributed by atoms with van der Waals surface area (Å²) in [6, 6.07) is 13.5. The van der Waals surface area contributed by atoms with Crippen molar-refractivity contribution in [1.29, 1.82) is 0 Å². The summed E-state index contributed by atoms with van der Waals surface area (Å²) in [6.07, 6.45) is 1.92. The van der Waals surface area contributed by atoms with Gasteiger partial charge in [-0.3, -0.25) is 0 Å². The van der Waals surface area contributed by atoms with Crippen molar-refractivity contribution in [2.24, 2.45) is 0 Å². The molecule has 2 aromatic rings. The molecule has 0 aliphatic rings. The zero-order valence-electron chi connectivity index (χ0n) is 12.4. The van der Waals surface area contributed by atoms with Crippen LogP contribution >= 0.6 is 11.8 Å². The van der Waals surface area contributed by atoms with Gasteiger partial charge in [0.15, 0.2) is 0 Å². The van der Waals surface area contributed by atoms with Crippen LogP contribution in [0.1, 0.15) is 27.6 Å². The molecule has 0 spiro atoms. The second-order valence-corrected chi connectivity index (χ2v) is 5.19. The maximum Gasteiger partial charge on any atom is 0.343 e. The SMILES string of the molecule is CCOC(=O)c1ccc(C(=O)Oc2ccccc2SC)cc1. The Morgan fingerprint density at radius 1 is 0.955 bits per heavy atom. The summed E-state index contributed by atoms with van der Waals surface area (Å²) in [6.45, 7) is 2.06. The summed E-state index contributed by atoms with van der Waals surface area (Å²) in [5, 5.41) is 0. The van der Waals surface area contributed by atoms with E-state index < -0.39 is 11.9 Å². The maximum absolute atomic E-state index is 12.1. The van der Waals surface area contributed by atoms with Crippen molar-refractivity contribution in [2.45, 2.75) is 11.8 Å². The fourth-order valence-corrected chi connectivity index (χ4v) is 2.34. The van der Waals surface area contributed by atoms with Gasteiger partial charge in [-0.25, -0.2) is 9.59 Å². The highest BCUT2D eigenvalue weighted by atomic mass is 32.2. The molecule has 0 aliphatic heterocycles. The Labute approximate surface area is 133 Å². The van der Waals surface area contributed by atoms with Crippen molar-refractivity contribution >= 4 is 23.7 Å². The quantitative estimate of drug-likeness (QED) is 0.477. The second-order valence-electron chi connectivity index (χ2n) is 4.34. The lowest BCUT2D eigenvalue weighted by molar-refractivity contribution is 0.0525. The van der Waals surface area contributed by atoms with Crippen molar-refractivity contribution in [2.75, 3.05) is 12.9 Å². The Balaban J connectivity index is 2.11. The summed E-state index contributed by atoms with van der Waals surface area (Å²) in [7, 11) is 0. The molecular formula is C17H16O4S. The number of hydrogen-bond donors (Lipinski definition) is 0. The highest BCUT2D eigenvalue weighted by Crippen LogP contribution is 2.27. The van der Waals surface area contributed by atoms with Crippen molar-refractivity contribution in [3.8, 4) is 5.75 Å². The standard InChI is InChI=1S/C17H16O4S/c1-3-20-16(18)12-8-10-13(11-9-12)17(19)21-14-6-4-5-7-15(14)22-2/h4-11H,3H2,1-2H3. The summed E-state index contributed by atoms with van der Waals surface area (Å²) in [5.41, 5.74) is 0.784. The van der Waals surface area contributed by atoms with Gasteiger partial charge in [0.2, 0.25) is 0 Å². The Kier molecular flexibility index (Phi) is 5.61. The van der Waals surface area contributed by atoms with E-state index in [2.05, 4.69) is 0 Å². The lowest BCUT2D eigenvalue weighted by Crippen LogP contribution is -2.10. The third-order valence-corrected chi connectivity index (χ3v) is 3.68. The molecule has 0 radical (unpaired) electrons. The lowest BCUT2D eigenvalue weighted by atomic mass is 10.1. The van der Waals surface area contributed by atoms with Crippen molar-refractivity contribution in [3.63, 3.8) is 0 Å². The first-order valence-corrected chi connectivity index (χ1v) is 8.00. The molecular weight excluding hydrogens is 300 g/mol. The zero-order chi connectivity index (χ0) is 15.9. The van der Waals surface area contributed by atoms with Crippen LogP contribution in [0.4, 0.5) is 0 Å². The lowest BCUT2D eigenvalue weighted by Gasteiger charge is -2.08. The van der Waals surface area contributed by atoms with Crippen LogP contribution in [0.5, 0.6) is 5.75 Å². The molecule has 0 saturated carbocycles. The fraction of sp³-hybridized carbons (Fsp3) is 0.176. The van der Waals surface area contributed by atoms with Gasteiger partial charge in [0.25, 0.3) is 0 Å². The maximum atomic E-state index is 12.1. The first kappa shape index (κ1) is 16.1. The van der Waals surface area contributed by atoms with Gasteiger partial charge in [0.05, 0.1) is 17.7 Å². The van der Waals surface area contributed by atoms with Crippen molar-refractivity contribution in [1.82, 2.24) is 0 Å². The van der Waals surface area contributed by atoms with Gasteiger partial charge in [-0.05, 0) is 49.6 Å². The number of carbonyl (C=O) groups is 2. The van der Waals surface area contributed by atoms with Crippen LogP contribution in [0.3, 0.4) is 0 Å². The number of carbonyl (C=O) groups excluding carboxylic acids is 2. The molecule has 0 amide bonds. The molecule has 0 saturated heterocycles. The van der Waals surface area contributed by atoms with Gasteiger partial charge < -0.3 is 9.47 Å². The van der Waals surface area contributed by atoms with E-state index in [1.165, 1.54) is 11.8 Å². The third-order valence-electron chi connectivity index (χ3n) is 2.90. The van der Waals surface area contributed by atoms with Crippen LogP contribution in [-0.2, 0) is 4.74 Å². The van der Waals surface area contributed by atoms with E-state index in [0.717, 1.165) is 4.90 Å². The highest BCUT2D eigenvalue weighted by Gasteiger charge is 2.13. The molecule has 0 fully saturated rings. The molecule has 0 aromatic heterocycles. The normalized spacial score (nSPS) is 10.1. The molecule has 0 bridgehead atoms. The molecule has 0 heterocycles.